The molecular formula is C10H20N4O4P+. The molecule has 0 saturated carbocycles. The summed E-state index contributed by atoms with van der Waals surface area (Å²) in [5.74, 6) is 4.62. The topological polar surface area (TPSA) is 136 Å². The van der Waals surface area contributed by atoms with Crippen LogP contribution in [0.3, 0.4) is 0 Å². The Kier molecular flexibility index (Phi) is 3.96. The van der Waals surface area contributed by atoms with Gasteiger partial charge < -0.3 is 16.2 Å². The number of hydrogen-bond acceptors (Lipinski definition) is 5. The van der Waals surface area contributed by atoms with Crippen LogP contribution >= 0.6 is 7.95 Å². The molecule has 0 bridgehead atoms. The summed E-state index contributed by atoms with van der Waals surface area (Å²) in [6, 6.07) is -1.72. The molecule has 2 rings (SSSR count). The lowest BCUT2D eigenvalue weighted by molar-refractivity contribution is -0.825. The maximum absolute atomic E-state index is 12.6. The Hall–Kier alpha value is -0.950. The summed E-state index contributed by atoms with van der Waals surface area (Å²) in [5.41, 5.74) is 5.07. The van der Waals surface area contributed by atoms with Crippen molar-refractivity contribution < 1.29 is 23.6 Å². The minimum absolute atomic E-state index is 0.236. The van der Waals surface area contributed by atoms with Crippen LogP contribution in [0.15, 0.2) is 0 Å². The average Bonchev–Trinajstić information content (AvgIpc) is 2.66. The van der Waals surface area contributed by atoms with Crippen LogP contribution in [0.5, 0.6) is 0 Å². The van der Waals surface area contributed by atoms with Crippen LogP contribution < -0.4 is 16.9 Å². The number of quaternary nitrogens is 1. The van der Waals surface area contributed by atoms with Gasteiger partial charge in [0.05, 0.1) is 6.04 Å². The lowest BCUT2D eigenvalue weighted by Gasteiger charge is -2.35. The Morgan fingerprint density at radius 3 is 2.74 bits per heavy atom. The zero-order chi connectivity index (χ0) is 14.2. The average molecular weight is 291 g/mol. The third kappa shape index (κ3) is 2.41. The maximum Gasteiger partial charge on any atom is 0.366 e. The molecule has 4 unspecified atom stereocenters. The van der Waals surface area contributed by atoms with E-state index in [1.54, 1.807) is 0 Å². The molecule has 0 spiro atoms. The second-order valence-electron chi connectivity index (χ2n) is 5.21. The van der Waals surface area contributed by atoms with Gasteiger partial charge in [-0.2, -0.15) is 10.2 Å². The van der Waals surface area contributed by atoms with Gasteiger partial charge >= 0.3 is 5.97 Å². The summed E-state index contributed by atoms with van der Waals surface area (Å²) in [6.07, 6.45) is 1.62. The summed E-state index contributed by atoms with van der Waals surface area (Å²) < 4.78 is 12.1. The van der Waals surface area contributed by atoms with Gasteiger partial charge in [-0.1, -0.05) is 0 Å². The number of carbonyl (C=O) groups excluding carboxylic acids is 1. The molecule has 2 aliphatic heterocycles. The summed E-state index contributed by atoms with van der Waals surface area (Å²) >= 11 is 0. The van der Waals surface area contributed by atoms with Crippen LogP contribution in [0.2, 0.25) is 0 Å². The predicted molar refractivity (Wildman–Crippen MR) is 68.4 cm³/mol. The van der Waals surface area contributed by atoms with Crippen molar-refractivity contribution in [3.63, 3.8) is 0 Å². The largest absolute Gasteiger partial charge is 0.477 e. The molecule has 2 heterocycles. The van der Waals surface area contributed by atoms with E-state index in [4.69, 9.17) is 11.6 Å². The molecule has 0 aromatic heterocycles. The fourth-order valence-electron chi connectivity index (χ4n) is 2.93. The molecule has 0 aliphatic carbocycles. The quantitative estimate of drug-likeness (QED) is 0.373. The fourth-order valence-corrected chi connectivity index (χ4v) is 5.21. The predicted octanol–water partition coefficient (Wildman–Crippen LogP) is -1.39. The molecule has 2 saturated heterocycles. The van der Waals surface area contributed by atoms with Gasteiger partial charge in [0.2, 0.25) is 11.9 Å². The van der Waals surface area contributed by atoms with E-state index in [0.717, 1.165) is 6.42 Å². The third-order valence-corrected chi connectivity index (χ3v) is 6.45. The summed E-state index contributed by atoms with van der Waals surface area (Å²) in [6.45, 7) is 0.802. The van der Waals surface area contributed by atoms with Gasteiger partial charge in [0.15, 0.2) is 0 Å². The first-order valence-electron chi connectivity index (χ1n) is 6.34. The van der Waals surface area contributed by atoms with E-state index < -0.39 is 36.0 Å². The molecule has 2 aliphatic rings. The van der Waals surface area contributed by atoms with E-state index in [9.17, 15) is 19.3 Å². The van der Waals surface area contributed by atoms with Gasteiger partial charge in [-0.25, -0.2) is 4.79 Å². The number of hydrogen-bond donors (Lipinski definition) is 4. The zero-order valence-electron chi connectivity index (χ0n) is 10.5. The third-order valence-electron chi connectivity index (χ3n) is 3.98. The van der Waals surface area contributed by atoms with Crippen LogP contribution in [0.4, 0.5) is 0 Å². The van der Waals surface area contributed by atoms with Gasteiger partial charge in [0.1, 0.15) is 12.2 Å². The van der Waals surface area contributed by atoms with Crippen molar-refractivity contribution >= 4 is 19.8 Å². The van der Waals surface area contributed by atoms with Gasteiger partial charge in [-0.15, -0.1) is 0 Å². The minimum Gasteiger partial charge on any atom is -0.477 e. The number of aliphatic carboxylic acids is 1. The summed E-state index contributed by atoms with van der Waals surface area (Å²) in [7, 11) is -2.65. The first-order chi connectivity index (χ1) is 8.88. The van der Waals surface area contributed by atoms with Gasteiger partial charge in [0.25, 0.3) is 7.95 Å². The Morgan fingerprint density at radius 2 is 2.16 bits per heavy atom. The van der Waals surface area contributed by atoms with Crippen molar-refractivity contribution in [2.75, 3.05) is 13.1 Å². The first-order valence-corrected chi connectivity index (χ1v) is 7.78. The van der Waals surface area contributed by atoms with Crippen molar-refractivity contribution in [1.29, 1.82) is 0 Å². The van der Waals surface area contributed by atoms with Crippen molar-refractivity contribution in [1.82, 2.24) is 5.32 Å². The summed E-state index contributed by atoms with van der Waals surface area (Å²) in [5, 5.41) is 11.9. The molecule has 0 aromatic rings. The smallest absolute Gasteiger partial charge is 0.366 e. The maximum atomic E-state index is 12.6. The molecule has 0 aromatic carbocycles. The van der Waals surface area contributed by atoms with Crippen LogP contribution in [0.1, 0.15) is 19.3 Å². The first kappa shape index (κ1) is 14.5. The van der Waals surface area contributed by atoms with E-state index in [2.05, 4.69) is 5.32 Å². The second kappa shape index (κ2) is 5.20. The number of carboxylic acids is 1. The van der Waals surface area contributed by atoms with Crippen LogP contribution in [0, 0.1) is 0 Å². The molecule has 2 fully saturated rings. The highest BCUT2D eigenvalue weighted by molar-refractivity contribution is 7.40. The number of carbonyl (C=O) groups is 2. The van der Waals surface area contributed by atoms with E-state index in [1.165, 1.54) is 0 Å². The number of nitrogens with two attached hydrogens (primary N) is 2. The number of rotatable bonds is 3. The molecule has 5 atom stereocenters. The number of carboxylic acid groups (broad SMARTS) is 1. The Morgan fingerprint density at radius 1 is 1.47 bits per heavy atom. The second-order valence-corrected chi connectivity index (χ2v) is 7.42. The minimum atomic E-state index is -2.65. The van der Waals surface area contributed by atoms with Crippen molar-refractivity contribution in [3.05, 3.63) is 0 Å². The normalized spacial score (nSPS) is 40.7. The highest BCUT2D eigenvalue weighted by atomic mass is 31.1. The van der Waals surface area contributed by atoms with Crippen molar-refractivity contribution in [2.45, 2.75) is 37.0 Å². The van der Waals surface area contributed by atoms with Gasteiger partial charge in [-0.3, -0.25) is 9.36 Å². The van der Waals surface area contributed by atoms with Gasteiger partial charge in [0, 0.05) is 13.0 Å². The van der Waals surface area contributed by atoms with Gasteiger partial charge in [-0.05, 0) is 12.8 Å². The van der Waals surface area contributed by atoms with Crippen molar-refractivity contribution in [2.24, 2.45) is 11.6 Å². The van der Waals surface area contributed by atoms with E-state index in [0.29, 0.717) is 19.4 Å². The molecular weight excluding hydrogens is 271 g/mol. The Balaban J connectivity index is 2.25. The molecule has 0 radical (unpaired) electrons. The van der Waals surface area contributed by atoms with E-state index in [1.807, 2.05) is 0 Å². The lowest BCUT2D eigenvalue weighted by atomic mass is 10.1. The molecule has 19 heavy (non-hydrogen) atoms. The standard InChI is InChI=1S/C10H19N4O4P/c11-6-3-5-14(12,8(6)10(16)17)19(18)7-2-1-4-13-9(7)15/h6-8,19H,1-5,11-12H2,(H-,13,15,16,17)/p+1/t6?,7-,8?,14?/m0/s1. The highest BCUT2D eigenvalue weighted by Crippen LogP contribution is 2.46. The van der Waals surface area contributed by atoms with E-state index >= 15 is 0 Å². The molecule has 8 nitrogen and oxygen atoms in total. The Labute approximate surface area is 111 Å². The molecule has 9 heteroatoms. The fraction of sp³-hybridized carbons (Fsp3) is 0.800. The SMILES string of the molecule is NC1CC[N+](N)([PH](=O)[C@H]2CCCNC2=O)C1C(=O)O. The van der Waals surface area contributed by atoms with Crippen LogP contribution in [0.25, 0.3) is 0 Å². The van der Waals surface area contributed by atoms with Crippen LogP contribution in [-0.2, 0) is 14.2 Å². The highest BCUT2D eigenvalue weighted by Gasteiger charge is 2.56. The van der Waals surface area contributed by atoms with Crippen molar-refractivity contribution in [3.8, 4) is 0 Å². The number of piperidine rings is 1. The summed E-state index contributed by atoms with van der Waals surface area (Å²) in [4.78, 5) is 23.1. The van der Waals surface area contributed by atoms with Crippen LogP contribution in [-0.4, -0.2) is 52.2 Å². The number of amides is 1. The zero-order valence-corrected chi connectivity index (χ0v) is 11.5. The van der Waals surface area contributed by atoms with E-state index in [-0.39, 0.29) is 12.5 Å². The lowest BCUT2D eigenvalue weighted by Crippen LogP contribution is -2.60. The monoisotopic (exact) mass is 291 g/mol. The number of nitrogens with one attached hydrogen (secondary N) is 1. The Bertz CT molecular complexity index is 432. The molecule has 6 N–H and O–H groups in total. The number of nitrogens with zero attached hydrogens (tertiary/aromatic N) is 1. The molecule has 108 valence electrons. The molecule has 1 amide bonds.